The fraction of sp³-hybridized carbons (Fsp3) is 0.143. The number of pyridine rings is 1. The molecule has 0 aliphatic heterocycles. The monoisotopic (exact) mass is 386 g/mol. The number of thiophene rings is 1. The van der Waals surface area contributed by atoms with Crippen LogP contribution in [0.4, 0.5) is 18.9 Å². The number of nitriles is 2. The molecule has 2 aromatic rings. The van der Waals surface area contributed by atoms with Crippen molar-refractivity contribution in [2.24, 2.45) is 0 Å². The largest absolute Gasteiger partial charge is 0.406 e. The quantitative estimate of drug-likeness (QED) is 0.876. The number of alkyl halides is 3. The molecule has 0 fully saturated rings. The topological polar surface area (TPSA) is 98.7 Å². The van der Waals surface area contributed by atoms with Crippen molar-refractivity contribution in [1.29, 1.82) is 10.5 Å². The van der Waals surface area contributed by atoms with Gasteiger partial charge in [0.25, 0.3) is 11.5 Å². The van der Waals surface area contributed by atoms with E-state index in [1.807, 2.05) is 0 Å². The first-order chi connectivity index (χ1) is 11.6. The number of carbonyl (C=O) groups excluding carboxylic acids is 1. The Hall–Kier alpha value is -2.82. The zero-order valence-corrected chi connectivity index (χ0v) is 13.6. The highest BCUT2D eigenvalue weighted by Gasteiger charge is 2.29. The van der Waals surface area contributed by atoms with Crippen LogP contribution in [0, 0.1) is 22.7 Å². The van der Waals surface area contributed by atoms with E-state index >= 15 is 0 Å². The number of amides is 1. The van der Waals surface area contributed by atoms with Crippen LogP contribution in [0.2, 0.25) is 5.02 Å². The lowest BCUT2D eigenvalue weighted by atomic mass is 10.2. The van der Waals surface area contributed by atoms with Gasteiger partial charge >= 0.3 is 6.18 Å². The van der Waals surface area contributed by atoms with E-state index in [0.29, 0.717) is 4.57 Å². The van der Waals surface area contributed by atoms with Gasteiger partial charge in [-0.05, 0) is 12.1 Å². The van der Waals surface area contributed by atoms with Crippen molar-refractivity contribution in [1.82, 2.24) is 4.57 Å². The van der Waals surface area contributed by atoms with Crippen molar-refractivity contribution >= 4 is 34.5 Å². The number of hydrogen-bond donors (Lipinski definition) is 1. The molecule has 0 spiro atoms. The molecule has 0 aromatic carbocycles. The predicted octanol–water partition coefficient (Wildman–Crippen LogP) is 3.12. The normalized spacial score (nSPS) is 10.8. The molecule has 2 aromatic heterocycles. The number of hydrogen-bond acceptors (Lipinski definition) is 5. The standard InChI is InChI=1S/C14H6ClF3N4O2S/c15-9-2-8(5-22(13(9)24)6-14(16,17)18)21-12(23)10-1-7(3-19)11(4-20)25-10/h1-2,5H,6H2,(H,21,23). The van der Waals surface area contributed by atoms with Crippen LogP contribution in [0.25, 0.3) is 0 Å². The van der Waals surface area contributed by atoms with E-state index in [-0.39, 0.29) is 21.0 Å². The van der Waals surface area contributed by atoms with Gasteiger partial charge in [0.05, 0.1) is 16.1 Å². The average Bonchev–Trinajstić information content (AvgIpc) is 2.94. The van der Waals surface area contributed by atoms with Gasteiger partial charge in [0.15, 0.2) is 0 Å². The molecule has 0 aliphatic rings. The van der Waals surface area contributed by atoms with Crippen LogP contribution in [0.1, 0.15) is 20.1 Å². The molecule has 0 atom stereocenters. The predicted molar refractivity (Wildman–Crippen MR) is 83.5 cm³/mol. The summed E-state index contributed by atoms with van der Waals surface area (Å²) in [5, 5.41) is 19.5. The van der Waals surface area contributed by atoms with Gasteiger partial charge in [0.1, 0.15) is 28.6 Å². The molecule has 2 rings (SSSR count). The van der Waals surface area contributed by atoms with E-state index in [0.717, 1.165) is 23.6 Å². The van der Waals surface area contributed by atoms with Crippen molar-refractivity contribution in [3.63, 3.8) is 0 Å². The first-order valence-corrected chi connectivity index (χ1v) is 7.56. The lowest BCUT2D eigenvalue weighted by Crippen LogP contribution is -2.28. The van der Waals surface area contributed by atoms with E-state index in [9.17, 15) is 22.8 Å². The molecule has 1 N–H and O–H groups in total. The second kappa shape index (κ2) is 6.97. The summed E-state index contributed by atoms with van der Waals surface area (Å²) in [7, 11) is 0. The highest BCUT2D eigenvalue weighted by Crippen LogP contribution is 2.23. The molecule has 11 heteroatoms. The molecule has 0 saturated carbocycles. The molecule has 0 bridgehead atoms. The van der Waals surface area contributed by atoms with Gasteiger partial charge in [-0.15, -0.1) is 11.3 Å². The second-order valence-electron chi connectivity index (χ2n) is 4.66. The van der Waals surface area contributed by atoms with E-state index < -0.39 is 29.2 Å². The fourth-order valence-electron chi connectivity index (χ4n) is 1.84. The van der Waals surface area contributed by atoms with Gasteiger partial charge < -0.3 is 9.88 Å². The van der Waals surface area contributed by atoms with Crippen LogP contribution >= 0.6 is 22.9 Å². The Kier molecular flexibility index (Phi) is 5.16. The molecular formula is C14H6ClF3N4O2S. The third-order valence-corrected chi connectivity index (χ3v) is 4.14. The number of anilines is 1. The Morgan fingerprint density at radius 1 is 1.32 bits per heavy atom. The van der Waals surface area contributed by atoms with E-state index in [1.54, 1.807) is 12.1 Å². The summed E-state index contributed by atoms with van der Waals surface area (Å²) in [5.74, 6) is -0.753. The van der Waals surface area contributed by atoms with Gasteiger partial charge in [-0.25, -0.2) is 0 Å². The van der Waals surface area contributed by atoms with Crippen molar-refractivity contribution in [2.75, 3.05) is 5.32 Å². The van der Waals surface area contributed by atoms with Gasteiger partial charge in [0.2, 0.25) is 0 Å². The Balaban J connectivity index is 2.33. The van der Waals surface area contributed by atoms with Gasteiger partial charge in [0, 0.05) is 6.20 Å². The molecule has 6 nitrogen and oxygen atoms in total. The number of rotatable bonds is 3. The van der Waals surface area contributed by atoms with Crippen LogP contribution in [-0.2, 0) is 6.54 Å². The maximum absolute atomic E-state index is 12.5. The van der Waals surface area contributed by atoms with E-state index in [1.165, 1.54) is 6.07 Å². The van der Waals surface area contributed by atoms with E-state index in [4.69, 9.17) is 22.1 Å². The summed E-state index contributed by atoms with van der Waals surface area (Å²) in [6, 6.07) is 5.71. The highest BCUT2D eigenvalue weighted by molar-refractivity contribution is 7.14. The lowest BCUT2D eigenvalue weighted by Gasteiger charge is -2.12. The summed E-state index contributed by atoms with van der Waals surface area (Å²) >= 11 is 6.37. The van der Waals surface area contributed by atoms with E-state index in [2.05, 4.69) is 5.32 Å². The molecule has 0 saturated heterocycles. The Labute approximate surface area is 147 Å². The smallest absolute Gasteiger partial charge is 0.320 e. The highest BCUT2D eigenvalue weighted by atomic mass is 35.5. The Morgan fingerprint density at radius 3 is 2.52 bits per heavy atom. The second-order valence-corrected chi connectivity index (χ2v) is 6.12. The first kappa shape index (κ1) is 18.5. The minimum Gasteiger partial charge on any atom is -0.320 e. The molecule has 2 heterocycles. The fourth-order valence-corrected chi connectivity index (χ4v) is 2.87. The summed E-state index contributed by atoms with van der Waals surface area (Å²) in [4.78, 5) is 23.8. The zero-order chi connectivity index (χ0) is 18.8. The number of nitrogens with one attached hydrogen (secondary N) is 1. The minimum atomic E-state index is -4.65. The van der Waals surface area contributed by atoms with Crippen molar-refractivity contribution < 1.29 is 18.0 Å². The molecule has 0 radical (unpaired) electrons. The first-order valence-electron chi connectivity index (χ1n) is 6.36. The lowest BCUT2D eigenvalue weighted by molar-refractivity contribution is -0.141. The summed E-state index contributed by atoms with van der Waals surface area (Å²) in [6.07, 6.45) is -3.84. The summed E-state index contributed by atoms with van der Waals surface area (Å²) in [5.41, 5.74) is -1.17. The summed E-state index contributed by atoms with van der Waals surface area (Å²) < 4.78 is 37.8. The summed E-state index contributed by atoms with van der Waals surface area (Å²) in [6.45, 7) is -1.56. The Morgan fingerprint density at radius 2 is 2.00 bits per heavy atom. The van der Waals surface area contributed by atoms with Crippen molar-refractivity contribution in [3.8, 4) is 12.1 Å². The van der Waals surface area contributed by atoms with Gasteiger partial charge in [-0.3, -0.25) is 9.59 Å². The Bertz CT molecular complexity index is 950. The van der Waals surface area contributed by atoms with Crippen molar-refractivity contribution in [2.45, 2.75) is 12.7 Å². The molecule has 128 valence electrons. The van der Waals surface area contributed by atoms with Crippen LogP contribution in [0.5, 0.6) is 0 Å². The molecule has 0 aliphatic carbocycles. The van der Waals surface area contributed by atoms with Crippen molar-refractivity contribution in [3.05, 3.63) is 49.0 Å². The number of aromatic nitrogens is 1. The van der Waals surface area contributed by atoms with Gasteiger partial charge in [-0.1, -0.05) is 11.6 Å². The maximum Gasteiger partial charge on any atom is 0.406 e. The average molecular weight is 387 g/mol. The molecule has 1 amide bonds. The molecule has 0 unspecified atom stereocenters. The molecular weight excluding hydrogens is 381 g/mol. The number of halogens is 4. The molecule has 25 heavy (non-hydrogen) atoms. The number of nitrogens with zero attached hydrogens (tertiary/aromatic N) is 3. The van der Waals surface area contributed by atoms with Crippen LogP contribution in [0.15, 0.2) is 23.1 Å². The third kappa shape index (κ3) is 4.38. The van der Waals surface area contributed by atoms with Gasteiger partial charge in [-0.2, -0.15) is 23.7 Å². The minimum absolute atomic E-state index is 0.0118. The number of carbonyl (C=O) groups is 1. The zero-order valence-electron chi connectivity index (χ0n) is 12.0. The SMILES string of the molecule is N#Cc1cc(C(=O)Nc2cc(Cl)c(=O)n(CC(F)(F)F)c2)sc1C#N. The van der Waals surface area contributed by atoms with Crippen LogP contribution in [0.3, 0.4) is 0 Å². The third-order valence-electron chi connectivity index (χ3n) is 2.83. The van der Waals surface area contributed by atoms with Crippen LogP contribution in [-0.4, -0.2) is 16.7 Å². The maximum atomic E-state index is 12.5. The van der Waals surface area contributed by atoms with Crippen LogP contribution < -0.4 is 10.9 Å².